The first-order chi connectivity index (χ1) is 10.4. The van der Waals surface area contributed by atoms with Crippen molar-refractivity contribution in [2.45, 2.75) is 0 Å². The summed E-state index contributed by atoms with van der Waals surface area (Å²) in [5, 5.41) is 3.26. The molecule has 116 valence electrons. The number of methoxy groups -OCH3 is 1. The third-order valence-electron chi connectivity index (χ3n) is 3.10. The molecule has 0 atom stereocenters. The van der Waals surface area contributed by atoms with Crippen molar-refractivity contribution >= 4 is 28.9 Å². The van der Waals surface area contributed by atoms with Crippen LogP contribution in [0, 0.1) is 5.82 Å². The first-order valence-corrected chi connectivity index (χ1v) is 6.92. The first-order valence-electron chi connectivity index (χ1n) is 6.54. The maximum absolute atomic E-state index is 13.7. The Morgan fingerprint density at radius 2 is 2.00 bits per heavy atom. The molecule has 0 unspecified atom stereocenters. The number of hydrogen-bond acceptors (Lipinski definition) is 3. The minimum absolute atomic E-state index is 0.0910. The molecule has 0 saturated heterocycles. The number of ether oxygens (including phenoxy) is 1. The van der Waals surface area contributed by atoms with Gasteiger partial charge in [0.2, 0.25) is 0 Å². The van der Waals surface area contributed by atoms with Crippen molar-refractivity contribution in [1.82, 2.24) is 0 Å². The summed E-state index contributed by atoms with van der Waals surface area (Å²) in [6.07, 6.45) is 0. The zero-order valence-electron chi connectivity index (χ0n) is 12.5. The summed E-state index contributed by atoms with van der Waals surface area (Å²) in [7, 11) is 5.02. The van der Waals surface area contributed by atoms with Crippen molar-refractivity contribution in [1.29, 1.82) is 0 Å². The van der Waals surface area contributed by atoms with Gasteiger partial charge in [-0.15, -0.1) is 0 Å². The van der Waals surface area contributed by atoms with Crippen LogP contribution < -0.4 is 15.0 Å². The Kier molecular flexibility index (Phi) is 4.88. The van der Waals surface area contributed by atoms with E-state index in [4.69, 9.17) is 16.3 Å². The fourth-order valence-corrected chi connectivity index (χ4v) is 2.42. The highest BCUT2D eigenvalue weighted by atomic mass is 35.5. The van der Waals surface area contributed by atoms with Gasteiger partial charge in [-0.3, -0.25) is 4.79 Å². The van der Waals surface area contributed by atoms with Crippen LogP contribution in [-0.2, 0) is 0 Å². The lowest BCUT2D eigenvalue weighted by Crippen LogP contribution is -2.17. The molecule has 0 aromatic heterocycles. The molecule has 2 aromatic carbocycles. The largest absolute Gasteiger partial charge is 0.494 e. The molecule has 2 rings (SSSR count). The van der Waals surface area contributed by atoms with E-state index in [1.54, 1.807) is 23.1 Å². The SMILES string of the molecule is COc1ccc(C(=O)Nc2cccc(Cl)c2N(C)C)cc1F. The van der Waals surface area contributed by atoms with Gasteiger partial charge in [0.05, 0.1) is 23.5 Å². The van der Waals surface area contributed by atoms with Crippen LogP contribution in [0.2, 0.25) is 5.02 Å². The molecule has 6 heteroatoms. The fraction of sp³-hybridized carbons (Fsp3) is 0.188. The van der Waals surface area contributed by atoms with Gasteiger partial charge < -0.3 is 15.0 Å². The fourth-order valence-electron chi connectivity index (χ4n) is 2.07. The van der Waals surface area contributed by atoms with Gasteiger partial charge in [0.1, 0.15) is 0 Å². The topological polar surface area (TPSA) is 41.6 Å². The first kappa shape index (κ1) is 16.1. The summed E-state index contributed by atoms with van der Waals surface area (Å²) in [5.41, 5.74) is 1.44. The number of carbonyl (C=O) groups excluding carboxylic acids is 1. The Morgan fingerprint density at radius 1 is 1.27 bits per heavy atom. The van der Waals surface area contributed by atoms with Crippen molar-refractivity contribution in [2.24, 2.45) is 0 Å². The second kappa shape index (κ2) is 6.66. The highest BCUT2D eigenvalue weighted by Crippen LogP contribution is 2.32. The Bertz CT molecular complexity index is 705. The van der Waals surface area contributed by atoms with Crippen LogP contribution in [0.3, 0.4) is 0 Å². The van der Waals surface area contributed by atoms with Crippen LogP contribution in [0.4, 0.5) is 15.8 Å². The van der Waals surface area contributed by atoms with Gasteiger partial charge in [0, 0.05) is 19.7 Å². The molecule has 0 spiro atoms. The molecule has 22 heavy (non-hydrogen) atoms. The maximum Gasteiger partial charge on any atom is 0.255 e. The van der Waals surface area contributed by atoms with Crippen LogP contribution in [0.15, 0.2) is 36.4 Å². The van der Waals surface area contributed by atoms with Gasteiger partial charge in [-0.2, -0.15) is 0 Å². The van der Waals surface area contributed by atoms with Crippen LogP contribution >= 0.6 is 11.6 Å². The summed E-state index contributed by atoms with van der Waals surface area (Å²) < 4.78 is 18.5. The summed E-state index contributed by atoms with van der Waals surface area (Å²) in [5.74, 6) is -0.922. The number of amides is 1. The minimum atomic E-state index is -0.589. The average Bonchev–Trinajstić information content (AvgIpc) is 2.46. The monoisotopic (exact) mass is 322 g/mol. The van der Waals surface area contributed by atoms with Crippen LogP contribution in [0.5, 0.6) is 5.75 Å². The molecule has 0 heterocycles. The Balaban J connectivity index is 2.30. The number of carbonyl (C=O) groups is 1. The van der Waals surface area contributed by atoms with Crippen molar-refractivity contribution in [3.05, 3.63) is 52.8 Å². The number of para-hydroxylation sites is 1. The summed E-state index contributed by atoms with van der Waals surface area (Å²) >= 11 is 6.15. The summed E-state index contributed by atoms with van der Waals surface area (Å²) in [4.78, 5) is 14.1. The molecule has 0 aliphatic carbocycles. The number of nitrogens with zero attached hydrogens (tertiary/aromatic N) is 1. The second-order valence-corrected chi connectivity index (χ2v) is 5.24. The van der Waals surface area contributed by atoms with Crippen molar-refractivity contribution in [3.8, 4) is 5.75 Å². The van der Waals surface area contributed by atoms with E-state index in [0.717, 1.165) is 6.07 Å². The lowest BCUT2D eigenvalue weighted by molar-refractivity contribution is 0.102. The lowest BCUT2D eigenvalue weighted by Gasteiger charge is -2.19. The van der Waals surface area contributed by atoms with E-state index in [2.05, 4.69) is 5.32 Å². The quantitative estimate of drug-likeness (QED) is 0.930. The maximum atomic E-state index is 13.7. The summed E-state index contributed by atoms with van der Waals surface area (Å²) in [6.45, 7) is 0. The highest BCUT2D eigenvalue weighted by Gasteiger charge is 2.14. The van der Waals surface area contributed by atoms with E-state index in [1.807, 2.05) is 14.1 Å². The Morgan fingerprint density at radius 3 is 2.59 bits per heavy atom. The average molecular weight is 323 g/mol. The van der Waals surface area contributed by atoms with Gasteiger partial charge in [-0.05, 0) is 30.3 Å². The van der Waals surface area contributed by atoms with E-state index >= 15 is 0 Å². The summed E-state index contributed by atoms with van der Waals surface area (Å²) in [6, 6.07) is 9.25. The number of benzene rings is 2. The standard InChI is InChI=1S/C16H16ClFN2O2/c1-20(2)15-11(17)5-4-6-13(15)19-16(21)10-7-8-14(22-3)12(18)9-10/h4-9H,1-3H3,(H,19,21). The van der Waals surface area contributed by atoms with E-state index in [-0.39, 0.29) is 11.3 Å². The molecule has 1 amide bonds. The predicted octanol–water partition coefficient (Wildman–Crippen LogP) is 3.81. The lowest BCUT2D eigenvalue weighted by atomic mass is 10.1. The van der Waals surface area contributed by atoms with E-state index in [1.165, 1.54) is 19.2 Å². The van der Waals surface area contributed by atoms with E-state index in [9.17, 15) is 9.18 Å². The van der Waals surface area contributed by atoms with Crippen molar-refractivity contribution in [3.63, 3.8) is 0 Å². The molecule has 0 radical (unpaired) electrons. The smallest absolute Gasteiger partial charge is 0.255 e. The predicted molar refractivity (Wildman–Crippen MR) is 86.7 cm³/mol. The molecule has 1 N–H and O–H groups in total. The number of nitrogens with one attached hydrogen (secondary N) is 1. The number of halogens is 2. The molecule has 0 fully saturated rings. The van der Waals surface area contributed by atoms with E-state index in [0.29, 0.717) is 16.4 Å². The van der Waals surface area contributed by atoms with Crippen LogP contribution in [0.25, 0.3) is 0 Å². The molecule has 2 aromatic rings. The Labute approximate surface area is 133 Å². The van der Waals surface area contributed by atoms with Gasteiger partial charge in [0.25, 0.3) is 5.91 Å². The molecule has 0 saturated carbocycles. The zero-order valence-corrected chi connectivity index (χ0v) is 13.2. The third kappa shape index (κ3) is 3.31. The normalized spacial score (nSPS) is 10.2. The van der Waals surface area contributed by atoms with Gasteiger partial charge >= 0.3 is 0 Å². The molecule has 0 bridgehead atoms. The van der Waals surface area contributed by atoms with Crippen molar-refractivity contribution in [2.75, 3.05) is 31.4 Å². The second-order valence-electron chi connectivity index (χ2n) is 4.83. The van der Waals surface area contributed by atoms with Crippen LogP contribution in [-0.4, -0.2) is 27.1 Å². The van der Waals surface area contributed by atoms with Gasteiger partial charge in [-0.25, -0.2) is 4.39 Å². The zero-order chi connectivity index (χ0) is 16.3. The number of anilines is 2. The molecule has 0 aliphatic heterocycles. The van der Waals surface area contributed by atoms with Crippen molar-refractivity contribution < 1.29 is 13.9 Å². The van der Waals surface area contributed by atoms with Crippen LogP contribution in [0.1, 0.15) is 10.4 Å². The molecular weight excluding hydrogens is 307 g/mol. The molecule has 0 aliphatic rings. The molecule has 4 nitrogen and oxygen atoms in total. The van der Waals surface area contributed by atoms with Gasteiger partial charge in [-0.1, -0.05) is 17.7 Å². The third-order valence-corrected chi connectivity index (χ3v) is 3.40. The van der Waals surface area contributed by atoms with E-state index < -0.39 is 11.7 Å². The molecular formula is C16H16ClFN2O2. The Hall–Kier alpha value is -2.27. The number of rotatable bonds is 4. The highest BCUT2D eigenvalue weighted by molar-refractivity contribution is 6.34. The number of hydrogen-bond donors (Lipinski definition) is 1. The van der Waals surface area contributed by atoms with Gasteiger partial charge in [0.15, 0.2) is 11.6 Å². The minimum Gasteiger partial charge on any atom is -0.494 e.